The average molecular weight is 278 g/mol. The number of aryl methyl sites for hydroxylation is 2. The Kier molecular flexibility index (Phi) is 3.16. The van der Waals surface area contributed by atoms with Gasteiger partial charge >= 0.3 is 0 Å². The number of fused-ring (bicyclic) bond motifs is 3. The van der Waals surface area contributed by atoms with Crippen LogP contribution in [0, 0.1) is 0 Å². The Bertz CT molecular complexity index is 761. The van der Waals surface area contributed by atoms with Crippen molar-refractivity contribution in [3.8, 4) is 0 Å². The second kappa shape index (κ2) is 5.30. The van der Waals surface area contributed by atoms with Crippen molar-refractivity contribution in [1.29, 1.82) is 0 Å². The Morgan fingerprint density at radius 3 is 3.10 bits per heavy atom. The number of rotatable bonds is 3. The number of nitrogens with zero attached hydrogens (tertiary/aromatic N) is 3. The van der Waals surface area contributed by atoms with Gasteiger partial charge in [0.1, 0.15) is 0 Å². The fraction of sp³-hybridized carbons (Fsp3) is 0.294. The van der Waals surface area contributed by atoms with E-state index < -0.39 is 0 Å². The number of pyridine rings is 2. The lowest BCUT2D eigenvalue weighted by Crippen LogP contribution is -2.24. The summed E-state index contributed by atoms with van der Waals surface area (Å²) in [4.78, 5) is 8.74. The summed E-state index contributed by atoms with van der Waals surface area (Å²) >= 11 is 0. The van der Waals surface area contributed by atoms with E-state index in [4.69, 9.17) is 0 Å². The Morgan fingerprint density at radius 1 is 1.19 bits per heavy atom. The summed E-state index contributed by atoms with van der Waals surface area (Å²) in [7, 11) is 0. The van der Waals surface area contributed by atoms with E-state index in [1.165, 1.54) is 22.2 Å². The highest BCUT2D eigenvalue weighted by molar-refractivity contribution is 5.85. The zero-order valence-corrected chi connectivity index (χ0v) is 11.9. The van der Waals surface area contributed by atoms with Gasteiger partial charge in [-0.15, -0.1) is 0 Å². The van der Waals surface area contributed by atoms with E-state index in [-0.39, 0.29) is 0 Å². The largest absolute Gasteiger partial charge is 0.343 e. The zero-order chi connectivity index (χ0) is 14.1. The fourth-order valence-electron chi connectivity index (χ4n) is 3.25. The molecule has 4 nitrogen and oxygen atoms in total. The lowest BCUT2D eigenvalue weighted by molar-refractivity contribution is 0.592. The molecule has 0 bridgehead atoms. The summed E-state index contributed by atoms with van der Waals surface area (Å²) in [5.41, 5.74) is 5.31. The molecule has 1 aliphatic rings. The first-order valence-electron chi connectivity index (χ1n) is 7.48. The molecule has 4 rings (SSSR count). The van der Waals surface area contributed by atoms with Crippen molar-refractivity contribution < 1.29 is 0 Å². The summed E-state index contributed by atoms with van der Waals surface area (Å²) in [6, 6.07) is 8.25. The normalized spacial score (nSPS) is 14.3. The van der Waals surface area contributed by atoms with Crippen molar-refractivity contribution in [3.63, 3.8) is 0 Å². The Morgan fingerprint density at radius 2 is 2.19 bits per heavy atom. The summed E-state index contributed by atoms with van der Waals surface area (Å²) in [5, 5.41) is 4.82. The smallest absolute Gasteiger partial charge is 0.0672 e. The predicted octanol–water partition coefficient (Wildman–Crippen LogP) is 2.32. The van der Waals surface area contributed by atoms with E-state index >= 15 is 0 Å². The minimum Gasteiger partial charge on any atom is -0.343 e. The van der Waals surface area contributed by atoms with E-state index in [0.29, 0.717) is 0 Å². The van der Waals surface area contributed by atoms with Gasteiger partial charge in [0.05, 0.1) is 11.7 Å². The minimum atomic E-state index is 0.958. The molecule has 0 unspecified atom stereocenters. The molecular formula is C17H18N4. The predicted molar refractivity (Wildman–Crippen MR) is 83.1 cm³/mol. The van der Waals surface area contributed by atoms with Gasteiger partial charge in [0.15, 0.2) is 0 Å². The molecule has 0 fully saturated rings. The van der Waals surface area contributed by atoms with Crippen molar-refractivity contribution in [2.45, 2.75) is 25.9 Å². The molecule has 106 valence electrons. The third-order valence-corrected chi connectivity index (χ3v) is 4.25. The van der Waals surface area contributed by atoms with Crippen LogP contribution in [0.25, 0.3) is 10.9 Å². The van der Waals surface area contributed by atoms with Crippen LogP contribution in [0.4, 0.5) is 0 Å². The highest BCUT2D eigenvalue weighted by atomic mass is 15.0. The van der Waals surface area contributed by atoms with Crippen molar-refractivity contribution in [2.24, 2.45) is 0 Å². The summed E-state index contributed by atoms with van der Waals surface area (Å²) in [6.45, 7) is 2.99. The maximum atomic E-state index is 4.43. The van der Waals surface area contributed by atoms with Gasteiger partial charge in [0.25, 0.3) is 0 Å². The molecule has 3 aromatic rings. The van der Waals surface area contributed by atoms with E-state index in [2.05, 4.69) is 38.1 Å². The Hall–Kier alpha value is -2.20. The first kappa shape index (κ1) is 12.5. The van der Waals surface area contributed by atoms with E-state index in [0.717, 1.165) is 38.2 Å². The molecule has 1 N–H and O–H groups in total. The van der Waals surface area contributed by atoms with Crippen LogP contribution < -0.4 is 5.32 Å². The van der Waals surface area contributed by atoms with Crippen LogP contribution in [0.15, 0.2) is 42.9 Å². The molecule has 0 amide bonds. The van der Waals surface area contributed by atoms with Gasteiger partial charge < -0.3 is 9.88 Å². The van der Waals surface area contributed by atoms with Gasteiger partial charge in [-0.25, -0.2) is 0 Å². The van der Waals surface area contributed by atoms with Crippen LogP contribution in [0.1, 0.15) is 17.0 Å². The van der Waals surface area contributed by atoms with Gasteiger partial charge in [-0.2, -0.15) is 0 Å². The minimum absolute atomic E-state index is 0.958. The van der Waals surface area contributed by atoms with E-state index in [1.807, 2.05) is 24.7 Å². The van der Waals surface area contributed by atoms with Crippen molar-refractivity contribution in [2.75, 3.05) is 6.54 Å². The van der Waals surface area contributed by atoms with Crippen molar-refractivity contribution in [1.82, 2.24) is 19.9 Å². The van der Waals surface area contributed by atoms with Crippen LogP contribution in [0.3, 0.4) is 0 Å². The van der Waals surface area contributed by atoms with Crippen LogP contribution in [0.2, 0.25) is 0 Å². The molecule has 0 saturated carbocycles. The van der Waals surface area contributed by atoms with Crippen LogP contribution in [-0.4, -0.2) is 21.1 Å². The summed E-state index contributed by atoms with van der Waals surface area (Å²) in [6.07, 6.45) is 7.79. The molecule has 21 heavy (non-hydrogen) atoms. The summed E-state index contributed by atoms with van der Waals surface area (Å²) in [5.74, 6) is 0. The van der Waals surface area contributed by atoms with Gasteiger partial charge in [0, 0.05) is 61.6 Å². The van der Waals surface area contributed by atoms with E-state index in [1.54, 1.807) is 0 Å². The quantitative estimate of drug-likeness (QED) is 0.799. The lowest BCUT2D eigenvalue weighted by Gasteiger charge is -2.17. The molecule has 0 saturated heterocycles. The third-order valence-electron chi connectivity index (χ3n) is 4.25. The maximum Gasteiger partial charge on any atom is 0.0672 e. The Labute approximate surface area is 123 Å². The number of hydrogen-bond acceptors (Lipinski definition) is 3. The van der Waals surface area contributed by atoms with Crippen molar-refractivity contribution >= 4 is 10.9 Å². The maximum absolute atomic E-state index is 4.43. The fourth-order valence-corrected chi connectivity index (χ4v) is 3.25. The van der Waals surface area contributed by atoms with E-state index in [9.17, 15) is 0 Å². The number of nitrogens with one attached hydrogen (secondary N) is 1. The molecule has 0 radical (unpaired) electrons. The van der Waals surface area contributed by atoms with Gasteiger partial charge in [0.2, 0.25) is 0 Å². The molecule has 1 aliphatic heterocycles. The molecule has 0 aliphatic carbocycles. The molecule has 0 atom stereocenters. The third kappa shape index (κ3) is 2.21. The van der Waals surface area contributed by atoms with Crippen molar-refractivity contribution in [3.05, 3.63) is 59.8 Å². The van der Waals surface area contributed by atoms with Gasteiger partial charge in [-0.3, -0.25) is 9.97 Å². The van der Waals surface area contributed by atoms with Crippen LogP contribution in [0.5, 0.6) is 0 Å². The molecule has 0 spiro atoms. The molecular weight excluding hydrogens is 260 g/mol. The molecule has 3 aromatic heterocycles. The second-order valence-corrected chi connectivity index (χ2v) is 5.47. The Balaban J connectivity index is 1.74. The van der Waals surface area contributed by atoms with Crippen LogP contribution >= 0.6 is 0 Å². The van der Waals surface area contributed by atoms with Gasteiger partial charge in [-0.1, -0.05) is 6.07 Å². The molecule has 4 heteroatoms. The first-order valence-corrected chi connectivity index (χ1v) is 7.48. The number of hydrogen-bond donors (Lipinski definition) is 1. The zero-order valence-electron chi connectivity index (χ0n) is 11.9. The topological polar surface area (TPSA) is 42.7 Å². The second-order valence-electron chi connectivity index (χ2n) is 5.47. The summed E-state index contributed by atoms with van der Waals surface area (Å²) < 4.78 is 2.44. The monoisotopic (exact) mass is 278 g/mol. The highest BCUT2D eigenvalue weighted by Crippen LogP contribution is 2.28. The molecule has 0 aromatic carbocycles. The SMILES string of the molecule is c1ccc(CCn2c3c(c4ccncc42)CNCC3)nc1. The van der Waals surface area contributed by atoms with Gasteiger partial charge in [-0.05, 0) is 23.8 Å². The van der Waals surface area contributed by atoms with Crippen LogP contribution in [-0.2, 0) is 25.9 Å². The highest BCUT2D eigenvalue weighted by Gasteiger charge is 2.19. The standard InChI is InChI=1S/C17H18N4/c1-2-7-20-13(3-1)6-10-21-16-5-9-18-11-15(16)14-4-8-19-12-17(14)21/h1-4,7-8,12,18H,5-6,9-11H2. The first-order chi connectivity index (χ1) is 10.4. The number of aromatic nitrogens is 3. The molecule has 4 heterocycles. The lowest BCUT2D eigenvalue weighted by atomic mass is 10.1. The average Bonchev–Trinajstić information content (AvgIpc) is 2.88.